The molecule has 0 aromatic heterocycles. The van der Waals surface area contributed by atoms with Crippen molar-refractivity contribution in [2.45, 2.75) is 19.4 Å². The van der Waals surface area contributed by atoms with E-state index in [1.807, 2.05) is 29.2 Å². The number of carbonyl (C=O) groups is 1. The second-order valence-corrected chi connectivity index (χ2v) is 4.88. The molecule has 0 unspecified atom stereocenters. The average molecular weight is 253 g/mol. The molecule has 2 rings (SSSR count). The summed E-state index contributed by atoms with van der Waals surface area (Å²) in [7, 11) is 0. The lowest BCUT2D eigenvalue weighted by Gasteiger charge is -2.34. The first-order valence-corrected chi connectivity index (χ1v) is 6.29. The molecule has 0 aliphatic carbocycles. The van der Waals surface area contributed by atoms with Crippen LogP contribution >= 0.6 is 11.6 Å². The molecule has 3 nitrogen and oxygen atoms in total. The zero-order valence-electron chi connectivity index (χ0n) is 9.95. The van der Waals surface area contributed by atoms with Gasteiger partial charge < -0.3 is 10.2 Å². The summed E-state index contributed by atoms with van der Waals surface area (Å²) in [5, 5.41) is 3.98. The number of benzene rings is 1. The van der Waals surface area contributed by atoms with Crippen LogP contribution in [0.3, 0.4) is 0 Å². The first kappa shape index (κ1) is 12.4. The molecular formula is C13H17ClN2O. The Morgan fingerprint density at radius 2 is 2.18 bits per heavy atom. The molecule has 0 spiro atoms. The summed E-state index contributed by atoms with van der Waals surface area (Å²) in [6, 6.07) is 7.75. The SMILES string of the molecule is C[C@H]1CNCCN1C(=O)Cc1ccc(Cl)cc1. The molecule has 0 radical (unpaired) electrons. The molecule has 1 amide bonds. The van der Waals surface area contributed by atoms with Gasteiger partial charge in [0.1, 0.15) is 0 Å². The fourth-order valence-corrected chi connectivity index (χ4v) is 2.22. The topological polar surface area (TPSA) is 32.3 Å². The average Bonchev–Trinajstić information content (AvgIpc) is 2.32. The third-order valence-corrected chi connectivity index (χ3v) is 3.34. The van der Waals surface area contributed by atoms with Crippen molar-refractivity contribution in [3.63, 3.8) is 0 Å². The number of hydrogen-bond donors (Lipinski definition) is 1. The number of halogens is 1. The monoisotopic (exact) mass is 252 g/mol. The Bertz CT molecular complexity index is 391. The van der Waals surface area contributed by atoms with Gasteiger partial charge in [-0.2, -0.15) is 0 Å². The van der Waals surface area contributed by atoms with Crippen molar-refractivity contribution in [1.82, 2.24) is 10.2 Å². The summed E-state index contributed by atoms with van der Waals surface area (Å²) in [4.78, 5) is 14.1. The molecule has 17 heavy (non-hydrogen) atoms. The van der Waals surface area contributed by atoms with Crippen molar-refractivity contribution < 1.29 is 4.79 Å². The Hall–Kier alpha value is -1.06. The molecule has 0 saturated carbocycles. The van der Waals surface area contributed by atoms with Crippen molar-refractivity contribution >= 4 is 17.5 Å². The highest BCUT2D eigenvalue weighted by atomic mass is 35.5. The molecule has 4 heteroatoms. The minimum absolute atomic E-state index is 0.196. The smallest absolute Gasteiger partial charge is 0.227 e. The molecule has 1 fully saturated rings. The molecule has 0 bridgehead atoms. The molecule has 1 heterocycles. The summed E-state index contributed by atoms with van der Waals surface area (Å²) in [6.45, 7) is 4.64. The second-order valence-electron chi connectivity index (χ2n) is 4.44. The van der Waals surface area contributed by atoms with E-state index in [1.54, 1.807) is 0 Å². The Kier molecular flexibility index (Phi) is 4.02. The first-order chi connectivity index (χ1) is 8.16. The number of amides is 1. The maximum Gasteiger partial charge on any atom is 0.227 e. The lowest BCUT2D eigenvalue weighted by Crippen LogP contribution is -2.52. The Morgan fingerprint density at radius 1 is 1.47 bits per heavy atom. The lowest BCUT2D eigenvalue weighted by molar-refractivity contribution is -0.133. The van der Waals surface area contributed by atoms with Crippen LogP contribution in [0.4, 0.5) is 0 Å². The minimum Gasteiger partial charge on any atom is -0.337 e. The lowest BCUT2D eigenvalue weighted by atomic mass is 10.1. The summed E-state index contributed by atoms with van der Waals surface area (Å²) >= 11 is 5.82. The number of piperazine rings is 1. The van der Waals surface area contributed by atoms with E-state index >= 15 is 0 Å². The molecule has 1 aliphatic heterocycles. The van der Waals surface area contributed by atoms with Gasteiger partial charge in [0.25, 0.3) is 0 Å². The Labute approximate surface area is 107 Å². The van der Waals surface area contributed by atoms with Crippen molar-refractivity contribution in [3.05, 3.63) is 34.9 Å². The van der Waals surface area contributed by atoms with E-state index in [4.69, 9.17) is 11.6 Å². The van der Waals surface area contributed by atoms with Crippen molar-refractivity contribution in [2.24, 2.45) is 0 Å². The van der Waals surface area contributed by atoms with E-state index in [0.717, 1.165) is 25.2 Å². The van der Waals surface area contributed by atoms with Gasteiger partial charge >= 0.3 is 0 Å². The molecule has 1 saturated heterocycles. The Morgan fingerprint density at radius 3 is 2.82 bits per heavy atom. The summed E-state index contributed by atoms with van der Waals surface area (Å²) in [5.41, 5.74) is 1.02. The second kappa shape index (κ2) is 5.52. The van der Waals surface area contributed by atoms with Crippen molar-refractivity contribution in [1.29, 1.82) is 0 Å². The van der Waals surface area contributed by atoms with Gasteiger partial charge in [0.15, 0.2) is 0 Å². The predicted molar refractivity (Wildman–Crippen MR) is 69.2 cm³/mol. The van der Waals surface area contributed by atoms with E-state index < -0.39 is 0 Å². The van der Waals surface area contributed by atoms with E-state index in [0.29, 0.717) is 11.4 Å². The van der Waals surface area contributed by atoms with Gasteiger partial charge in [-0.15, -0.1) is 0 Å². The number of carbonyl (C=O) groups excluding carboxylic acids is 1. The van der Waals surface area contributed by atoms with Gasteiger partial charge in [-0.3, -0.25) is 4.79 Å². The zero-order chi connectivity index (χ0) is 12.3. The van der Waals surface area contributed by atoms with Gasteiger partial charge in [-0.25, -0.2) is 0 Å². The minimum atomic E-state index is 0.196. The van der Waals surface area contributed by atoms with Crippen LogP contribution in [0.1, 0.15) is 12.5 Å². The maximum atomic E-state index is 12.1. The van der Waals surface area contributed by atoms with Crippen LogP contribution in [-0.4, -0.2) is 36.5 Å². The van der Waals surface area contributed by atoms with E-state index in [-0.39, 0.29) is 11.9 Å². The summed E-state index contributed by atoms with van der Waals surface area (Å²) < 4.78 is 0. The van der Waals surface area contributed by atoms with Gasteiger partial charge in [-0.1, -0.05) is 23.7 Å². The molecule has 1 aromatic rings. The molecule has 1 atom stereocenters. The van der Waals surface area contributed by atoms with Crippen LogP contribution in [-0.2, 0) is 11.2 Å². The van der Waals surface area contributed by atoms with Gasteiger partial charge in [-0.05, 0) is 24.6 Å². The van der Waals surface area contributed by atoms with Crippen molar-refractivity contribution in [2.75, 3.05) is 19.6 Å². The highest BCUT2D eigenvalue weighted by Crippen LogP contribution is 2.12. The highest BCUT2D eigenvalue weighted by Gasteiger charge is 2.22. The number of nitrogens with one attached hydrogen (secondary N) is 1. The number of hydrogen-bond acceptors (Lipinski definition) is 2. The van der Waals surface area contributed by atoms with E-state index in [1.165, 1.54) is 0 Å². The van der Waals surface area contributed by atoms with Gasteiger partial charge in [0.2, 0.25) is 5.91 Å². The standard InChI is InChI=1S/C13H17ClN2O/c1-10-9-15-6-7-16(10)13(17)8-11-2-4-12(14)5-3-11/h2-5,10,15H,6-9H2,1H3/t10-/m0/s1. The zero-order valence-corrected chi connectivity index (χ0v) is 10.7. The third kappa shape index (κ3) is 3.20. The van der Waals surface area contributed by atoms with Gasteiger partial charge in [0.05, 0.1) is 6.42 Å². The van der Waals surface area contributed by atoms with Crippen LogP contribution in [0.5, 0.6) is 0 Å². The summed E-state index contributed by atoms with van der Waals surface area (Å²) in [5.74, 6) is 0.196. The predicted octanol–water partition coefficient (Wildman–Crippen LogP) is 1.70. The molecule has 1 aliphatic rings. The normalized spacial score (nSPS) is 20.4. The number of nitrogens with zero attached hydrogens (tertiary/aromatic N) is 1. The van der Waals surface area contributed by atoms with E-state index in [2.05, 4.69) is 12.2 Å². The quantitative estimate of drug-likeness (QED) is 0.869. The third-order valence-electron chi connectivity index (χ3n) is 3.09. The van der Waals surface area contributed by atoms with Crippen LogP contribution in [0.25, 0.3) is 0 Å². The largest absolute Gasteiger partial charge is 0.337 e. The molecule has 1 N–H and O–H groups in total. The van der Waals surface area contributed by atoms with Gasteiger partial charge in [0, 0.05) is 30.7 Å². The molecular weight excluding hydrogens is 236 g/mol. The summed E-state index contributed by atoms with van der Waals surface area (Å²) in [6.07, 6.45) is 0.460. The molecule has 1 aromatic carbocycles. The first-order valence-electron chi connectivity index (χ1n) is 5.91. The fourth-order valence-electron chi connectivity index (χ4n) is 2.09. The van der Waals surface area contributed by atoms with E-state index in [9.17, 15) is 4.79 Å². The Balaban J connectivity index is 1.98. The van der Waals surface area contributed by atoms with Crippen LogP contribution < -0.4 is 5.32 Å². The molecule has 92 valence electrons. The van der Waals surface area contributed by atoms with Crippen molar-refractivity contribution in [3.8, 4) is 0 Å². The van der Waals surface area contributed by atoms with Crippen LogP contribution in [0, 0.1) is 0 Å². The fraction of sp³-hybridized carbons (Fsp3) is 0.462. The number of rotatable bonds is 2. The van der Waals surface area contributed by atoms with Crippen LogP contribution in [0.2, 0.25) is 5.02 Å². The maximum absolute atomic E-state index is 12.1. The van der Waals surface area contributed by atoms with Crippen LogP contribution in [0.15, 0.2) is 24.3 Å². The highest BCUT2D eigenvalue weighted by molar-refractivity contribution is 6.30.